The molecule has 110 valence electrons. The summed E-state index contributed by atoms with van der Waals surface area (Å²) in [4.78, 5) is 14.3. The van der Waals surface area contributed by atoms with Crippen molar-refractivity contribution in [3.8, 4) is 0 Å². The molecule has 2 N–H and O–H groups in total. The maximum absolute atomic E-state index is 12.1. The smallest absolute Gasteiger partial charge is 0.303 e. The van der Waals surface area contributed by atoms with Gasteiger partial charge in [-0.15, -0.1) is 0 Å². The molecule has 0 amide bonds. The molecule has 0 saturated heterocycles. The van der Waals surface area contributed by atoms with E-state index in [1.54, 1.807) is 30.3 Å². The number of hydrogen-bond donors (Lipinski definition) is 2. The molecule has 0 unspecified atom stereocenters. The number of aliphatic carboxylic acids is 1. The van der Waals surface area contributed by atoms with Crippen LogP contribution in [0.25, 0.3) is 0 Å². The Bertz CT molecular complexity index is 712. The standard InChI is InChI=1S/C14H14N2O4S/c17-14(18)8-5-11-3-6-12(7-4-11)16-21(19,20)13-2-1-9-15-10-13/h1-4,6-7,9-10,16H,5,8H2,(H,17,18). The van der Waals surface area contributed by atoms with Crippen LogP contribution in [-0.2, 0) is 21.2 Å². The van der Waals surface area contributed by atoms with Crippen LogP contribution < -0.4 is 4.72 Å². The number of carboxylic acids is 1. The maximum Gasteiger partial charge on any atom is 0.303 e. The summed E-state index contributed by atoms with van der Waals surface area (Å²) in [5.41, 5.74) is 1.25. The number of sulfonamides is 1. The Labute approximate surface area is 122 Å². The second-order valence-corrected chi connectivity index (χ2v) is 6.07. The SMILES string of the molecule is O=C(O)CCc1ccc(NS(=O)(=O)c2cccnc2)cc1. The molecular formula is C14H14N2O4S. The Kier molecular flexibility index (Phi) is 4.54. The van der Waals surface area contributed by atoms with Crippen molar-refractivity contribution < 1.29 is 18.3 Å². The first-order valence-corrected chi connectivity index (χ1v) is 7.69. The van der Waals surface area contributed by atoms with Gasteiger partial charge in [-0.05, 0) is 36.2 Å². The Morgan fingerprint density at radius 3 is 2.48 bits per heavy atom. The van der Waals surface area contributed by atoms with Crippen molar-refractivity contribution >= 4 is 21.7 Å². The van der Waals surface area contributed by atoms with Gasteiger partial charge in [0.15, 0.2) is 0 Å². The van der Waals surface area contributed by atoms with Crippen molar-refractivity contribution in [1.82, 2.24) is 4.98 Å². The van der Waals surface area contributed by atoms with Gasteiger partial charge in [0.25, 0.3) is 10.0 Å². The summed E-state index contributed by atoms with van der Waals surface area (Å²) in [5.74, 6) is -0.864. The van der Waals surface area contributed by atoms with Gasteiger partial charge in [0.2, 0.25) is 0 Å². The van der Waals surface area contributed by atoms with E-state index in [9.17, 15) is 13.2 Å². The monoisotopic (exact) mass is 306 g/mol. The second kappa shape index (κ2) is 6.36. The van der Waals surface area contributed by atoms with Crippen molar-refractivity contribution in [2.45, 2.75) is 17.7 Å². The zero-order valence-electron chi connectivity index (χ0n) is 11.1. The Balaban J connectivity index is 2.08. The van der Waals surface area contributed by atoms with E-state index in [0.717, 1.165) is 5.56 Å². The molecule has 0 aliphatic heterocycles. The minimum Gasteiger partial charge on any atom is -0.481 e. The third-order valence-corrected chi connectivity index (χ3v) is 4.14. The first-order chi connectivity index (χ1) is 9.97. The van der Waals surface area contributed by atoms with Crippen molar-refractivity contribution in [2.75, 3.05) is 4.72 Å². The summed E-state index contributed by atoms with van der Waals surface area (Å²) in [6.45, 7) is 0. The van der Waals surface area contributed by atoms with Crippen LogP contribution in [0, 0.1) is 0 Å². The minimum atomic E-state index is -3.66. The van der Waals surface area contributed by atoms with Gasteiger partial charge in [-0.2, -0.15) is 0 Å². The summed E-state index contributed by atoms with van der Waals surface area (Å²) in [7, 11) is -3.66. The fourth-order valence-corrected chi connectivity index (χ4v) is 2.73. The zero-order chi connectivity index (χ0) is 15.3. The van der Waals surface area contributed by atoms with Gasteiger partial charge < -0.3 is 5.11 Å². The molecular weight excluding hydrogens is 292 g/mol. The number of benzene rings is 1. The number of rotatable bonds is 6. The number of aromatic nitrogens is 1. The van der Waals surface area contributed by atoms with Crippen molar-refractivity contribution in [3.05, 3.63) is 54.4 Å². The molecule has 7 heteroatoms. The van der Waals surface area contributed by atoms with Gasteiger partial charge in [-0.3, -0.25) is 14.5 Å². The number of carboxylic acid groups (broad SMARTS) is 1. The van der Waals surface area contributed by atoms with Crippen molar-refractivity contribution in [2.24, 2.45) is 0 Å². The highest BCUT2D eigenvalue weighted by atomic mass is 32.2. The number of carbonyl (C=O) groups is 1. The number of hydrogen-bond acceptors (Lipinski definition) is 4. The molecule has 1 aromatic carbocycles. The summed E-state index contributed by atoms with van der Waals surface area (Å²) in [5, 5.41) is 8.61. The highest BCUT2D eigenvalue weighted by Crippen LogP contribution is 2.16. The molecule has 0 saturated carbocycles. The Morgan fingerprint density at radius 1 is 1.19 bits per heavy atom. The molecule has 1 heterocycles. The highest BCUT2D eigenvalue weighted by molar-refractivity contribution is 7.92. The summed E-state index contributed by atoms with van der Waals surface area (Å²) >= 11 is 0. The van der Waals surface area contributed by atoms with Gasteiger partial charge in [0.05, 0.1) is 0 Å². The van der Waals surface area contributed by atoms with Gasteiger partial charge in [-0.1, -0.05) is 12.1 Å². The van der Waals surface area contributed by atoms with Crippen LogP contribution >= 0.6 is 0 Å². The first kappa shape index (κ1) is 15.0. The van der Waals surface area contributed by atoms with Crippen LogP contribution in [0.3, 0.4) is 0 Å². The average Bonchev–Trinajstić information content (AvgIpc) is 2.47. The number of aryl methyl sites for hydroxylation is 1. The normalized spacial score (nSPS) is 11.0. The molecule has 6 nitrogen and oxygen atoms in total. The molecule has 0 spiro atoms. The number of nitrogens with zero attached hydrogens (tertiary/aromatic N) is 1. The molecule has 2 aromatic rings. The molecule has 0 aliphatic rings. The molecule has 2 rings (SSSR count). The fourth-order valence-electron chi connectivity index (χ4n) is 1.71. The van der Waals surface area contributed by atoms with Crippen LogP contribution in [0.4, 0.5) is 5.69 Å². The third-order valence-electron chi connectivity index (χ3n) is 2.78. The van der Waals surface area contributed by atoms with Crippen molar-refractivity contribution in [1.29, 1.82) is 0 Å². The van der Waals surface area contributed by atoms with Gasteiger partial charge in [0.1, 0.15) is 4.90 Å². The second-order valence-electron chi connectivity index (χ2n) is 4.38. The van der Waals surface area contributed by atoms with E-state index >= 15 is 0 Å². The lowest BCUT2D eigenvalue weighted by Crippen LogP contribution is -2.13. The first-order valence-electron chi connectivity index (χ1n) is 6.21. The van der Waals surface area contributed by atoms with E-state index in [4.69, 9.17) is 5.11 Å². The van der Waals surface area contributed by atoms with Crippen molar-refractivity contribution in [3.63, 3.8) is 0 Å². The number of nitrogens with one attached hydrogen (secondary N) is 1. The van der Waals surface area contributed by atoms with E-state index < -0.39 is 16.0 Å². The van der Waals surface area contributed by atoms with Crippen LogP contribution in [-0.4, -0.2) is 24.5 Å². The lowest BCUT2D eigenvalue weighted by Gasteiger charge is -2.08. The summed E-state index contributed by atoms with van der Waals surface area (Å²) < 4.78 is 26.6. The molecule has 1 aromatic heterocycles. The average molecular weight is 306 g/mol. The fraction of sp³-hybridized carbons (Fsp3) is 0.143. The lowest BCUT2D eigenvalue weighted by molar-refractivity contribution is -0.136. The summed E-state index contributed by atoms with van der Waals surface area (Å²) in [6.07, 6.45) is 3.21. The lowest BCUT2D eigenvalue weighted by atomic mass is 10.1. The molecule has 0 bridgehead atoms. The Morgan fingerprint density at radius 2 is 1.90 bits per heavy atom. The highest BCUT2D eigenvalue weighted by Gasteiger charge is 2.13. The summed E-state index contributed by atoms with van der Waals surface area (Å²) in [6, 6.07) is 9.60. The zero-order valence-corrected chi connectivity index (χ0v) is 11.9. The number of pyridine rings is 1. The maximum atomic E-state index is 12.1. The number of anilines is 1. The quantitative estimate of drug-likeness (QED) is 0.849. The van der Waals surface area contributed by atoms with Crippen LogP contribution in [0.2, 0.25) is 0 Å². The van der Waals surface area contributed by atoms with E-state index in [0.29, 0.717) is 12.1 Å². The van der Waals surface area contributed by atoms with Crippen LogP contribution in [0.15, 0.2) is 53.7 Å². The largest absolute Gasteiger partial charge is 0.481 e. The third kappa shape index (κ3) is 4.28. The van der Waals surface area contributed by atoms with Gasteiger partial charge in [0, 0.05) is 24.5 Å². The van der Waals surface area contributed by atoms with E-state index in [1.807, 2.05) is 0 Å². The molecule has 0 fully saturated rings. The van der Waals surface area contributed by atoms with Gasteiger partial charge >= 0.3 is 5.97 Å². The Hall–Kier alpha value is -2.41. The van der Waals surface area contributed by atoms with Crippen LogP contribution in [0.5, 0.6) is 0 Å². The molecule has 21 heavy (non-hydrogen) atoms. The van der Waals surface area contributed by atoms with E-state index in [2.05, 4.69) is 9.71 Å². The predicted octanol–water partition coefficient (Wildman–Crippen LogP) is 1.90. The van der Waals surface area contributed by atoms with E-state index in [-0.39, 0.29) is 11.3 Å². The predicted molar refractivity (Wildman–Crippen MR) is 77.4 cm³/mol. The molecule has 0 atom stereocenters. The van der Waals surface area contributed by atoms with Crippen LogP contribution in [0.1, 0.15) is 12.0 Å². The topological polar surface area (TPSA) is 96.4 Å². The van der Waals surface area contributed by atoms with Gasteiger partial charge in [-0.25, -0.2) is 8.42 Å². The van der Waals surface area contributed by atoms with E-state index in [1.165, 1.54) is 18.5 Å². The molecule has 0 aliphatic carbocycles. The molecule has 0 radical (unpaired) electrons. The minimum absolute atomic E-state index is 0.0424.